The molecule has 0 spiro atoms. The number of para-hydroxylation sites is 1. The van der Waals surface area contributed by atoms with Gasteiger partial charge >= 0.3 is 0 Å². The minimum Gasteiger partial charge on any atom is -0.342 e. The molecule has 1 aromatic heterocycles. The standard InChI is InChI=1S/C26H15F6N3O/c1-13-17(26(36)35(33-13)25-23(31)21(29)20(28)22(30)24(25)32)10-15-12-34(19-9-5-3-7-16(15)19)11-14-6-2-4-8-18(14)27/h2-10,12H,11H2,1H3/b17-10-. The van der Waals surface area contributed by atoms with Gasteiger partial charge in [0.15, 0.2) is 23.3 Å². The summed E-state index contributed by atoms with van der Waals surface area (Å²) in [6.45, 7) is 1.56. The number of carbonyl (C=O) groups is 1. The number of amides is 1. The van der Waals surface area contributed by atoms with Crippen LogP contribution >= 0.6 is 0 Å². The highest BCUT2D eigenvalue weighted by Crippen LogP contribution is 2.34. The van der Waals surface area contributed by atoms with E-state index >= 15 is 0 Å². The van der Waals surface area contributed by atoms with Crippen molar-refractivity contribution in [2.45, 2.75) is 13.5 Å². The van der Waals surface area contributed by atoms with Crippen LogP contribution < -0.4 is 5.01 Å². The molecule has 182 valence electrons. The van der Waals surface area contributed by atoms with Crippen molar-refractivity contribution in [1.82, 2.24) is 4.57 Å². The van der Waals surface area contributed by atoms with Gasteiger partial charge in [-0.2, -0.15) is 10.1 Å². The highest BCUT2D eigenvalue weighted by molar-refractivity contribution is 6.32. The van der Waals surface area contributed by atoms with Gasteiger partial charge in [-0.05, 0) is 25.1 Å². The zero-order chi connectivity index (χ0) is 25.7. The van der Waals surface area contributed by atoms with Gasteiger partial charge in [0.25, 0.3) is 5.91 Å². The van der Waals surface area contributed by atoms with Crippen molar-refractivity contribution in [2.75, 3.05) is 5.01 Å². The van der Waals surface area contributed by atoms with E-state index in [0.29, 0.717) is 16.5 Å². The lowest BCUT2D eigenvalue weighted by atomic mass is 10.1. The van der Waals surface area contributed by atoms with Crippen molar-refractivity contribution < 1.29 is 31.1 Å². The van der Waals surface area contributed by atoms with Gasteiger partial charge in [-0.3, -0.25) is 4.79 Å². The van der Waals surface area contributed by atoms with Gasteiger partial charge in [0.2, 0.25) is 5.82 Å². The second kappa shape index (κ2) is 8.71. The molecule has 1 aliphatic rings. The molecule has 36 heavy (non-hydrogen) atoms. The third kappa shape index (κ3) is 3.65. The lowest BCUT2D eigenvalue weighted by Gasteiger charge is -2.15. The first-order chi connectivity index (χ1) is 17.2. The molecule has 4 aromatic rings. The summed E-state index contributed by atoms with van der Waals surface area (Å²) in [5.74, 6) is -12.5. The van der Waals surface area contributed by atoms with E-state index in [0.717, 1.165) is 5.52 Å². The van der Waals surface area contributed by atoms with E-state index in [9.17, 15) is 31.1 Å². The number of hydrazone groups is 1. The average Bonchev–Trinajstić information content (AvgIpc) is 3.35. The van der Waals surface area contributed by atoms with E-state index < -0.39 is 40.7 Å². The maximum absolute atomic E-state index is 14.3. The molecule has 2 heterocycles. The number of nitrogens with zero attached hydrogens (tertiary/aromatic N) is 3. The van der Waals surface area contributed by atoms with E-state index in [1.165, 1.54) is 19.1 Å². The summed E-state index contributed by atoms with van der Waals surface area (Å²) in [6, 6.07) is 13.4. The smallest absolute Gasteiger partial charge is 0.280 e. The summed E-state index contributed by atoms with van der Waals surface area (Å²) in [5, 5.41) is 4.61. The second-order valence-corrected chi connectivity index (χ2v) is 8.10. The van der Waals surface area contributed by atoms with E-state index in [1.54, 1.807) is 53.2 Å². The molecule has 0 saturated carbocycles. The molecular weight excluding hydrogens is 484 g/mol. The minimum atomic E-state index is -2.33. The first kappa shape index (κ1) is 23.4. The fourth-order valence-electron chi connectivity index (χ4n) is 4.10. The van der Waals surface area contributed by atoms with Gasteiger partial charge in [-0.1, -0.05) is 36.4 Å². The third-order valence-corrected chi connectivity index (χ3v) is 5.88. The Morgan fingerprint density at radius 1 is 0.833 bits per heavy atom. The number of hydrogen-bond acceptors (Lipinski definition) is 2. The van der Waals surface area contributed by atoms with E-state index in [1.807, 2.05) is 0 Å². The van der Waals surface area contributed by atoms with Gasteiger partial charge < -0.3 is 4.57 Å². The number of anilines is 1. The van der Waals surface area contributed by atoms with Crippen molar-refractivity contribution in [1.29, 1.82) is 0 Å². The van der Waals surface area contributed by atoms with Crippen molar-refractivity contribution >= 4 is 34.3 Å². The first-order valence-corrected chi connectivity index (χ1v) is 10.6. The maximum atomic E-state index is 14.3. The Labute approximate surface area is 200 Å². The Hall–Kier alpha value is -4.34. The van der Waals surface area contributed by atoms with Crippen LogP contribution in [0.5, 0.6) is 0 Å². The number of halogens is 6. The normalized spacial score (nSPS) is 14.9. The second-order valence-electron chi connectivity index (χ2n) is 8.10. The van der Waals surface area contributed by atoms with Crippen molar-refractivity contribution in [3.63, 3.8) is 0 Å². The highest BCUT2D eigenvalue weighted by Gasteiger charge is 2.37. The summed E-state index contributed by atoms with van der Waals surface area (Å²) >= 11 is 0. The van der Waals surface area contributed by atoms with Gasteiger partial charge in [-0.15, -0.1) is 0 Å². The SMILES string of the molecule is CC1=NN(c2c(F)c(F)c(F)c(F)c2F)C(=O)/C1=C\c1cn(Cc2ccccc2F)c2ccccc12. The summed E-state index contributed by atoms with van der Waals surface area (Å²) in [7, 11) is 0. The molecule has 0 saturated heterocycles. The molecule has 0 aliphatic carbocycles. The van der Waals surface area contributed by atoms with Crippen LogP contribution in [-0.2, 0) is 11.3 Å². The maximum Gasteiger partial charge on any atom is 0.280 e. The van der Waals surface area contributed by atoms with E-state index in [4.69, 9.17) is 0 Å². The molecule has 0 bridgehead atoms. The van der Waals surface area contributed by atoms with Crippen molar-refractivity contribution in [3.05, 3.63) is 106 Å². The van der Waals surface area contributed by atoms with Crippen molar-refractivity contribution in [3.8, 4) is 0 Å². The van der Waals surface area contributed by atoms with Gasteiger partial charge in [-0.25, -0.2) is 26.3 Å². The Morgan fingerprint density at radius 3 is 2.14 bits per heavy atom. The lowest BCUT2D eigenvalue weighted by molar-refractivity contribution is -0.114. The van der Waals surface area contributed by atoms with Crippen LogP contribution in [-0.4, -0.2) is 16.2 Å². The molecule has 10 heteroatoms. The van der Waals surface area contributed by atoms with Gasteiger partial charge in [0.05, 0.1) is 17.8 Å². The summed E-state index contributed by atoms with van der Waals surface area (Å²) < 4.78 is 85.5. The Balaban J connectivity index is 1.58. The molecule has 1 amide bonds. The molecule has 0 unspecified atom stereocenters. The molecule has 3 aromatic carbocycles. The predicted octanol–water partition coefficient (Wildman–Crippen LogP) is 6.33. The number of aromatic nitrogens is 1. The molecule has 0 fully saturated rings. The molecule has 0 N–H and O–H groups in total. The monoisotopic (exact) mass is 499 g/mol. The van der Waals surface area contributed by atoms with Gasteiger partial charge in [0, 0.05) is 28.2 Å². The average molecular weight is 499 g/mol. The molecule has 0 atom stereocenters. The number of rotatable bonds is 4. The quantitative estimate of drug-likeness (QED) is 0.140. The van der Waals surface area contributed by atoms with Crippen molar-refractivity contribution in [2.24, 2.45) is 5.10 Å². The molecule has 1 aliphatic heterocycles. The van der Waals surface area contributed by atoms with Crippen LogP contribution in [0.4, 0.5) is 32.0 Å². The number of hydrogen-bond donors (Lipinski definition) is 0. The zero-order valence-electron chi connectivity index (χ0n) is 18.5. The first-order valence-electron chi connectivity index (χ1n) is 10.6. The summed E-state index contributed by atoms with van der Waals surface area (Å²) in [4.78, 5) is 13.0. The predicted molar refractivity (Wildman–Crippen MR) is 122 cm³/mol. The third-order valence-electron chi connectivity index (χ3n) is 5.88. The minimum absolute atomic E-state index is 0.00914. The van der Waals surface area contributed by atoms with E-state index in [2.05, 4.69) is 5.10 Å². The van der Waals surface area contributed by atoms with Gasteiger partial charge in [0.1, 0.15) is 11.5 Å². The molecular formula is C26H15F6N3O. The zero-order valence-corrected chi connectivity index (χ0v) is 18.5. The van der Waals surface area contributed by atoms with E-state index in [-0.39, 0.29) is 28.7 Å². The number of carbonyl (C=O) groups excluding carboxylic acids is 1. The molecule has 5 rings (SSSR count). The van der Waals surface area contributed by atoms with Crippen LogP contribution in [0.3, 0.4) is 0 Å². The Morgan fingerprint density at radius 2 is 1.44 bits per heavy atom. The summed E-state index contributed by atoms with van der Waals surface area (Å²) in [6.07, 6.45) is 3.08. The highest BCUT2D eigenvalue weighted by atomic mass is 19.2. The topological polar surface area (TPSA) is 37.6 Å². The van der Waals surface area contributed by atoms with Crippen LogP contribution in [0, 0.1) is 34.9 Å². The summed E-state index contributed by atoms with van der Waals surface area (Å²) in [5.41, 5.74) is 0.122. The largest absolute Gasteiger partial charge is 0.342 e. The van der Waals surface area contributed by atoms with Crippen LogP contribution in [0.2, 0.25) is 0 Å². The fourth-order valence-corrected chi connectivity index (χ4v) is 4.10. The number of benzene rings is 3. The number of fused-ring (bicyclic) bond motifs is 1. The Bertz CT molecular complexity index is 1590. The van der Waals surface area contributed by atoms with Crippen LogP contribution in [0.1, 0.15) is 18.1 Å². The van der Waals surface area contributed by atoms with Crippen LogP contribution in [0.15, 0.2) is 65.4 Å². The molecule has 0 radical (unpaired) electrons. The molecule has 4 nitrogen and oxygen atoms in total. The Kier molecular flexibility index (Phi) is 5.66. The lowest BCUT2D eigenvalue weighted by Crippen LogP contribution is -2.25. The fraction of sp³-hybridized carbons (Fsp3) is 0.0769. The van der Waals surface area contributed by atoms with Crippen LogP contribution in [0.25, 0.3) is 17.0 Å².